The molecule has 0 aliphatic rings. The van der Waals surface area contributed by atoms with E-state index in [-0.39, 0.29) is 13.0 Å². The monoisotopic (exact) mass is 251 g/mol. The number of hydrogen-bond acceptors (Lipinski definition) is 3. The summed E-state index contributed by atoms with van der Waals surface area (Å²) < 4.78 is 0. The zero-order chi connectivity index (χ0) is 13.5. The van der Waals surface area contributed by atoms with E-state index in [0.717, 1.165) is 12.1 Å². The summed E-state index contributed by atoms with van der Waals surface area (Å²) in [6.07, 6.45) is 0.562. The third-order valence-corrected chi connectivity index (χ3v) is 2.69. The number of aliphatic carboxylic acids is 2. The molecule has 5 nitrogen and oxygen atoms in total. The van der Waals surface area contributed by atoms with E-state index in [1.54, 1.807) is 0 Å². The van der Waals surface area contributed by atoms with Crippen molar-refractivity contribution >= 4 is 17.6 Å². The minimum Gasteiger partial charge on any atom is -0.481 e. The lowest BCUT2D eigenvalue weighted by molar-refractivity contribution is -0.147. The van der Waals surface area contributed by atoms with Crippen LogP contribution in [0.1, 0.15) is 18.9 Å². The molecule has 0 aliphatic carbocycles. The standard InChI is InChI=1S/C13H17NO4/c1-2-9-3-5-11(6-4-9)14-8-10(13(17)18)7-12(15)16/h3-6,10,14H,2,7-8H2,1H3,(H,15,16)(H,17,18). The van der Waals surface area contributed by atoms with Gasteiger partial charge in [-0.2, -0.15) is 0 Å². The average molecular weight is 251 g/mol. The Kier molecular flexibility index (Phi) is 5.17. The van der Waals surface area contributed by atoms with E-state index in [4.69, 9.17) is 10.2 Å². The molecule has 1 rings (SSSR count). The van der Waals surface area contributed by atoms with Crippen molar-refractivity contribution in [1.82, 2.24) is 0 Å². The molecule has 0 radical (unpaired) electrons. The SMILES string of the molecule is CCc1ccc(NCC(CC(=O)O)C(=O)O)cc1. The first-order valence-electron chi connectivity index (χ1n) is 5.80. The van der Waals surface area contributed by atoms with E-state index in [1.165, 1.54) is 5.56 Å². The Balaban J connectivity index is 2.55. The van der Waals surface area contributed by atoms with Gasteiger partial charge in [-0.1, -0.05) is 19.1 Å². The summed E-state index contributed by atoms with van der Waals surface area (Å²) in [6.45, 7) is 2.16. The molecule has 0 saturated carbocycles. The number of carboxylic acid groups (broad SMARTS) is 2. The van der Waals surface area contributed by atoms with E-state index < -0.39 is 17.9 Å². The molecule has 3 N–H and O–H groups in total. The van der Waals surface area contributed by atoms with E-state index in [9.17, 15) is 9.59 Å². The largest absolute Gasteiger partial charge is 0.481 e. The molecule has 1 unspecified atom stereocenters. The highest BCUT2D eigenvalue weighted by Gasteiger charge is 2.20. The number of rotatable bonds is 7. The molecule has 5 heteroatoms. The van der Waals surface area contributed by atoms with Gasteiger partial charge in [-0.3, -0.25) is 9.59 Å². The second-order valence-corrected chi connectivity index (χ2v) is 4.06. The van der Waals surface area contributed by atoms with Crippen LogP contribution in [0.3, 0.4) is 0 Å². The maximum Gasteiger partial charge on any atom is 0.308 e. The summed E-state index contributed by atoms with van der Waals surface area (Å²) in [5.74, 6) is -3.13. The Morgan fingerprint density at radius 2 is 1.83 bits per heavy atom. The van der Waals surface area contributed by atoms with Gasteiger partial charge in [0.05, 0.1) is 12.3 Å². The van der Waals surface area contributed by atoms with Crippen molar-refractivity contribution in [3.05, 3.63) is 29.8 Å². The maximum absolute atomic E-state index is 10.9. The van der Waals surface area contributed by atoms with Gasteiger partial charge in [0.1, 0.15) is 0 Å². The van der Waals surface area contributed by atoms with Crippen LogP contribution in [0, 0.1) is 5.92 Å². The van der Waals surface area contributed by atoms with Crippen molar-refractivity contribution in [1.29, 1.82) is 0 Å². The molecule has 1 atom stereocenters. The van der Waals surface area contributed by atoms with Crippen molar-refractivity contribution in [3.63, 3.8) is 0 Å². The second kappa shape index (κ2) is 6.64. The third kappa shape index (κ3) is 4.45. The van der Waals surface area contributed by atoms with Gasteiger partial charge >= 0.3 is 11.9 Å². The summed E-state index contributed by atoms with van der Waals surface area (Å²) >= 11 is 0. The molecule has 0 bridgehead atoms. The summed E-state index contributed by atoms with van der Waals surface area (Å²) in [5, 5.41) is 20.4. The molecule has 1 aromatic carbocycles. The Hall–Kier alpha value is -2.04. The lowest BCUT2D eigenvalue weighted by atomic mass is 10.1. The van der Waals surface area contributed by atoms with E-state index in [0.29, 0.717) is 0 Å². The molecule has 0 spiro atoms. The third-order valence-electron chi connectivity index (χ3n) is 2.69. The summed E-state index contributed by atoms with van der Waals surface area (Å²) in [7, 11) is 0. The van der Waals surface area contributed by atoms with Crippen LogP contribution in [0.25, 0.3) is 0 Å². The molecule has 0 aliphatic heterocycles. The van der Waals surface area contributed by atoms with Gasteiger partial charge < -0.3 is 15.5 Å². The molecule has 0 amide bonds. The summed E-state index contributed by atoms with van der Waals surface area (Å²) in [6, 6.07) is 7.63. The Labute approximate surface area is 105 Å². The van der Waals surface area contributed by atoms with Gasteiger partial charge in [-0.25, -0.2) is 0 Å². The number of nitrogens with one attached hydrogen (secondary N) is 1. The first kappa shape index (κ1) is 14.0. The smallest absolute Gasteiger partial charge is 0.308 e. The van der Waals surface area contributed by atoms with Crippen LogP contribution < -0.4 is 5.32 Å². The molecule has 98 valence electrons. The van der Waals surface area contributed by atoms with Crippen LogP contribution >= 0.6 is 0 Å². The number of anilines is 1. The predicted molar refractivity (Wildman–Crippen MR) is 67.7 cm³/mol. The number of carboxylic acids is 2. The number of hydrogen-bond donors (Lipinski definition) is 3. The van der Waals surface area contributed by atoms with E-state index in [1.807, 2.05) is 24.3 Å². The zero-order valence-electron chi connectivity index (χ0n) is 10.2. The van der Waals surface area contributed by atoms with Gasteiger partial charge in [0.15, 0.2) is 0 Å². The second-order valence-electron chi connectivity index (χ2n) is 4.06. The van der Waals surface area contributed by atoms with Crippen molar-refractivity contribution in [2.24, 2.45) is 5.92 Å². The van der Waals surface area contributed by atoms with Gasteiger partial charge in [0.2, 0.25) is 0 Å². The fourth-order valence-electron chi connectivity index (χ4n) is 1.56. The number of aryl methyl sites for hydroxylation is 1. The first-order valence-corrected chi connectivity index (χ1v) is 5.80. The highest BCUT2D eigenvalue weighted by atomic mass is 16.4. The van der Waals surface area contributed by atoms with Crippen LogP contribution in [0.5, 0.6) is 0 Å². The maximum atomic E-state index is 10.9. The molecule has 0 aromatic heterocycles. The molecule has 0 saturated heterocycles. The summed E-state index contributed by atoms with van der Waals surface area (Å²) in [5.41, 5.74) is 1.99. The average Bonchev–Trinajstić information content (AvgIpc) is 2.34. The van der Waals surface area contributed by atoms with Gasteiger partial charge in [0, 0.05) is 12.2 Å². The van der Waals surface area contributed by atoms with Gasteiger partial charge in [-0.15, -0.1) is 0 Å². The van der Waals surface area contributed by atoms with E-state index in [2.05, 4.69) is 12.2 Å². The Morgan fingerprint density at radius 3 is 2.28 bits per heavy atom. The van der Waals surface area contributed by atoms with Crippen molar-refractivity contribution in [3.8, 4) is 0 Å². The minimum atomic E-state index is -1.11. The molecule has 0 fully saturated rings. The molecule has 0 heterocycles. The molecule has 18 heavy (non-hydrogen) atoms. The van der Waals surface area contributed by atoms with Crippen LogP contribution in [-0.2, 0) is 16.0 Å². The van der Waals surface area contributed by atoms with Crippen LogP contribution in [0.15, 0.2) is 24.3 Å². The summed E-state index contributed by atoms with van der Waals surface area (Å²) in [4.78, 5) is 21.4. The lowest BCUT2D eigenvalue weighted by Gasteiger charge is -2.12. The topological polar surface area (TPSA) is 86.6 Å². The van der Waals surface area contributed by atoms with Crippen molar-refractivity contribution in [2.75, 3.05) is 11.9 Å². The molecular formula is C13H17NO4. The predicted octanol–water partition coefficient (Wildman–Crippen LogP) is 1.84. The van der Waals surface area contributed by atoms with Crippen molar-refractivity contribution in [2.45, 2.75) is 19.8 Å². The van der Waals surface area contributed by atoms with Crippen LogP contribution in [0.2, 0.25) is 0 Å². The fraction of sp³-hybridized carbons (Fsp3) is 0.385. The minimum absolute atomic E-state index is 0.104. The Morgan fingerprint density at radius 1 is 1.22 bits per heavy atom. The quantitative estimate of drug-likeness (QED) is 0.688. The number of benzene rings is 1. The van der Waals surface area contributed by atoms with Crippen LogP contribution in [-0.4, -0.2) is 28.7 Å². The highest BCUT2D eigenvalue weighted by Crippen LogP contribution is 2.12. The zero-order valence-corrected chi connectivity index (χ0v) is 10.2. The first-order chi connectivity index (χ1) is 8.52. The molecular weight excluding hydrogens is 234 g/mol. The van der Waals surface area contributed by atoms with Gasteiger partial charge in [0.25, 0.3) is 0 Å². The highest BCUT2D eigenvalue weighted by molar-refractivity contribution is 5.78. The van der Waals surface area contributed by atoms with Gasteiger partial charge in [-0.05, 0) is 24.1 Å². The lowest BCUT2D eigenvalue weighted by Crippen LogP contribution is -2.25. The van der Waals surface area contributed by atoms with Crippen LogP contribution in [0.4, 0.5) is 5.69 Å². The molecule has 1 aromatic rings. The fourth-order valence-corrected chi connectivity index (χ4v) is 1.56. The Bertz CT molecular complexity index is 414. The van der Waals surface area contributed by atoms with E-state index >= 15 is 0 Å². The number of carbonyl (C=O) groups is 2. The normalized spacial score (nSPS) is 11.8. The van der Waals surface area contributed by atoms with Crippen molar-refractivity contribution < 1.29 is 19.8 Å².